The third kappa shape index (κ3) is 3.51. The fraction of sp³-hybridized carbons (Fsp3) is 0.538. The molecule has 1 rings (SSSR count). The fourth-order valence-electron chi connectivity index (χ4n) is 1.74. The highest BCUT2D eigenvalue weighted by Crippen LogP contribution is 2.39. The lowest BCUT2D eigenvalue weighted by Crippen LogP contribution is -2.24. The Morgan fingerprint density at radius 3 is 2.22 bits per heavy atom. The van der Waals surface area contributed by atoms with Crippen LogP contribution in [0.25, 0.3) is 0 Å². The minimum absolute atomic E-state index is 0.632. The third-order valence-electron chi connectivity index (χ3n) is 2.65. The molecule has 0 aliphatic heterocycles. The number of hydrogen-bond donors (Lipinski definition) is 2. The van der Waals surface area contributed by atoms with Crippen LogP contribution in [0.15, 0.2) is 12.1 Å². The van der Waals surface area contributed by atoms with Gasteiger partial charge in [-0.25, -0.2) is 0 Å². The second kappa shape index (κ2) is 7.79. The first-order chi connectivity index (χ1) is 8.78. The highest BCUT2D eigenvalue weighted by atomic mass is 16.5. The summed E-state index contributed by atoms with van der Waals surface area (Å²) in [4.78, 5) is 0. The van der Waals surface area contributed by atoms with Crippen LogP contribution in [-0.4, -0.2) is 41.5 Å². The largest absolute Gasteiger partial charge is 0.493 e. The maximum Gasteiger partial charge on any atom is 0.203 e. The van der Waals surface area contributed by atoms with Gasteiger partial charge in [0.15, 0.2) is 11.5 Å². The molecule has 0 atom stereocenters. The molecule has 0 aliphatic carbocycles. The van der Waals surface area contributed by atoms with Crippen LogP contribution >= 0.6 is 0 Å². The summed E-state index contributed by atoms with van der Waals surface area (Å²) in [5.41, 5.74) is 1.05. The van der Waals surface area contributed by atoms with Crippen molar-refractivity contribution in [3.8, 4) is 17.2 Å². The van der Waals surface area contributed by atoms with E-state index in [0.29, 0.717) is 17.2 Å². The number of nitrogens with one attached hydrogen (secondary N) is 2. The molecule has 0 aliphatic rings. The standard InChI is InChI=1S/C13H22N2O3/c1-14-7-8-15-9-10-5-6-11(16-2)13(18-4)12(10)17-3/h5-6,14-15H,7-9H2,1-4H3. The van der Waals surface area contributed by atoms with Crippen molar-refractivity contribution in [2.24, 2.45) is 0 Å². The topological polar surface area (TPSA) is 51.8 Å². The molecule has 102 valence electrons. The SMILES string of the molecule is CNCCNCc1ccc(OC)c(OC)c1OC. The Labute approximate surface area is 108 Å². The van der Waals surface area contributed by atoms with Gasteiger partial charge >= 0.3 is 0 Å². The van der Waals surface area contributed by atoms with Crippen LogP contribution in [-0.2, 0) is 6.54 Å². The summed E-state index contributed by atoms with van der Waals surface area (Å²) in [6.07, 6.45) is 0. The number of hydrogen-bond acceptors (Lipinski definition) is 5. The molecule has 0 spiro atoms. The zero-order chi connectivity index (χ0) is 13.4. The Balaban J connectivity index is 2.84. The number of benzene rings is 1. The zero-order valence-corrected chi connectivity index (χ0v) is 11.5. The number of methoxy groups -OCH3 is 3. The maximum atomic E-state index is 5.41. The van der Waals surface area contributed by atoms with E-state index in [1.54, 1.807) is 21.3 Å². The summed E-state index contributed by atoms with van der Waals surface area (Å²) in [5.74, 6) is 2.02. The van der Waals surface area contributed by atoms with Crippen molar-refractivity contribution in [3.63, 3.8) is 0 Å². The van der Waals surface area contributed by atoms with E-state index in [-0.39, 0.29) is 0 Å². The van der Waals surface area contributed by atoms with Crippen molar-refractivity contribution in [1.82, 2.24) is 10.6 Å². The van der Waals surface area contributed by atoms with Gasteiger partial charge in [0.05, 0.1) is 21.3 Å². The lowest BCUT2D eigenvalue weighted by atomic mass is 10.1. The van der Waals surface area contributed by atoms with Crippen LogP contribution in [0.5, 0.6) is 17.2 Å². The summed E-state index contributed by atoms with van der Waals surface area (Å²) < 4.78 is 16.0. The van der Waals surface area contributed by atoms with Gasteiger partial charge in [-0.2, -0.15) is 0 Å². The molecule has 0 heterocycles. The molecule has 18 heavy (non-hydrogen) atoms. The van der Waals surface area contributed by atoms with Gasteiger partial charge in [0, 0.05) is 25.2 Å². The first kappa shape index (κ1) is 14.6. The van der Waals surface area contributed by atoms with Gasteiger partial charge in [0.1, 0.15) is 0 Å². The lowest BCUT2D eigenvalue weighted by Gasteiger charge is -2.16. The van der Waals surface area contributed by atoms with Crippen LogP contribution in [0, 0.1) is 0 Å². The van der Waals surface area contributed by atoms with Gasteiger partial charge < -0.3 is 24.8 Å². The highest BCUT2D eigenvalue weighted by Gasteiger charge is 2.15. The Bertz CT molecular complexity index is 369. The van der Waals surface area contributed by atoms with Crippen molar-refractivity contribution in [2.75, 3.05) is 41.5 Å². The monoisotopic (exact) mass is 254 g/mol. The summed E-state index contributed by atoms with van der Waals surface area (Å²) >= 11 is 0. The van der Waals surface area contributed by atoms with E-state index >= 15 is 0 Å². The predicted molar refractivity (Wildman–Crippen MR) is 71.7 cm³/mol. The molecule has 5 nitrogen and oxygen atoms in total. The van der Waals surface area contributed by atoms with E-state index in [0.717, 1.165) is 25.2 Å². The molecule has 1 aromatic rings. The van der Waals surface area contributed by atoms with Crippen LogP contribution in [0.2, 0.25) is 0 Å². The van der Waals surface area contributed by atoms with E-state index < -0.39 is 0 Å². The van der Waals surface area contributed by atoms with Gasteiger partial charge in [-0.1, -0.05) is 6.07 Å². The van der Waals surface area contributed by atoms with E-state index in [2.05, 4.69) is 10.6 Å². The van der Waals surface area contributed by atoms with Crippen LogP contribution in [0.4, 0.5) is 0 Å². The summed E-state index contributed by atoms with van der Waals surface area (Å²) in [6.45, 7) is 2.55. The molecule has 0 fully saturated rings. The second-order valence-corrected chi connectivity index (χ2v) is 3.77. The Morgan fingerprint density at radius 2 is 1.67 bits per heavy atom. The molecule has 2 N–H and O–H groups in total. The number of rotatable bonds is 8. The summed E-state index contributed by atoms with van der Waals surface area (Å²) in [7, 11) is 6.79. The van der Waals surface area contributed by atoms with Gasteiger partial charge in [-0.15, -0.1) is 0 Å². The summed E-state index contributed by atoms with van der Waals surface area (Å²) in [6, 6.07) is 3.86. The normalized spacial score (nSPS) is 10.2. The first-order valence-electron chi connectivity index (χ1n) is 5.91. The van der Waals surface area contributed by atoms with Crippen LogP contribution < -0.4 is 24.8 Å². The average molecular weight is 254 g/mol. The third-order valence-corrected chi connectivity index (χ3v) is 2.65. The smallest absolute Gasteiger partial charge is 0.203 e. The molecule has 0 saturated heterocycles. The molecule has 1 aromatic carbocycles. The van der Waals surface area contributed by atoms with Crippen molar-refractivity contribution < 1.29 is 14.2 Å². The Hall–Kier alpha value is -1.46. The van der Waals surface area contributed by atoms with E-state index in [9.17, 15) is 0 Å². The van der Waals surface area contributed by atoms with Crippen molar-refractivity contribution in [2.45, 2.75) is 6.54 Å². The van der Waals surface area contributed by atoms with E-state index in [4.69, 9.17) is 14.2 Å². The molecule has 0 amide bonds. The quantitative estimate of drug-likeness (QED) is 0.678. The Kier molecular flexibility index (Phi) is 6.32. The average Bonchev–Trinajstić information content (AvgIpc) is 2.42. The van der Waals surface area contributed by atoms with E-state index in [1.165, 1.54) is 0 Å². The minimum Gasteiger partial charge on any atom is -0.493 e. The molecule has 0 bridgehead atoms. The summed E-state index contributed by atoms with van der Waals surface area (Å²) in [5, 5.41) is 6.41. The number of likely N-dealkylation sites (N-methyl/N-ethyl adjacent to an activating group) is 1. The molecule has 0 saturated carbocycles. The van der Waals surface area contributed by atoms with Gasteiger partial charge in [0.25, 0.3) is 0 Å². The molecule has 0 aromatic heterocycles. The second-order valence-electron chi connectivity index (χ2n) is 3.77. The van der Waals surface area contributed by atoms with Crippen molar-refractivity contribution in [1.29, 1.82) is 0 Å². The predicted octanol–water partition coefficient (Wildman–Crippen LogP) is 1.02. The van der Waals surface area contributed by atoms with Crippen molar-refractivity contribution in [3.05, 3.63) is 17.7 Å². The first-order valence-corrected chi connectivity index (χ1v) is 5.91. The molecule has 0 unspecified atom stereocenters. The van der Waals surface area contributed by atoms with Crippen molar-refractivity contribution >= 4 is 0 Å². The molecule has 0 radical (unpaired) electrons. The maximum absolute atomic E-state index is 5.41. The fourth-order valence-corrected chi connectivity index (χ4v) is 1.74. The van der Waals surface area contributed by atoms with Gasteiger partial charge in [0.2, 0.25) is 5.75 Å². The molecule has 5 heteroatoms. The van der Waals surface area contributed by atoms with Crippen LogP contribution in [0.3, 0.4) is 0 Å². The minimum atomic E-state index is 0.632. The molecular weight excluding hydrogens is 232 g/mol. The highest BCUT2D eigenvalue weighted by molar-refractivity contribution is 5.55. The van der Waals surface area contributed by atoms with Gasteiger partial charge in [-0.05, 0) is 13.1 Å². The lowest BCUT2D eigenvalue weighted by molar-refractivity contribution is 0.321. The van der Waals surface area contributed by atoms with Crippen LogP contribution in [0.1, 0.15) is 5.56 Å². The zero-order valence-electron chi connectivity index (χ0n) is 11.5. The Morgan fingerprint density at radius 1 is 0.944 bits per heavy atom. The van der Waals surface area contributed by atoms with Gasteiger partial charge in [-0.3, -0.25) is 0 Å². The van der Waals surface area contributed by atoms with E-state index in [1.807, 2.05) is 19.2 Å². The molecular formula is C13H22N2O3. The number of ether oxygens (including phenoxy) is 3.